The maximum absolute atomic E-state index is 14.0. The number of hydrogen-bond donors (Lipinski definition) is 0. The van der Waals surface area contributed by atoms with E-state index in [4.69, 9.17) is 26.4 Å². The number of ether oxygens (including phenoxy) is 3. The van der Waals surface area contributed by atoms with Crippen LogP contribution in [0.4, 0.5) is 5.69 Å². The van der Waals surface area contributed by atoms with Gasteiger partial charge < -0.3 is 14.2 Å². The average Bonchev–Trinajstić information content (AvgIpc) is 3.32. The van der Waals surface area contributed by atoms with Gasteiger partial charge in [-0.25, -0.2) is 9.59 Å². The molecule has 7 nitrogen and oxygen atoms in total. The van der Waals surface area contributed by atoms with Crippen LogP contribution in [0, 0.1) is 6.92 Å². The van der Waals surface area contributed by atoms with E-state index in [0.717, 1.165) is 29.1 Å². The standard InChI is InChI=1S/C27H25NO6S3/c1-14-9-7-10-15(13-14)23(29)28-19-16(11-8-12-17(19)32-4)18(22(35)27(28,2)3)26-36-20(24(30)33-5)21(37-26)25(31)34-6/h7-13H,1-6H3. The molecule has 37 heavy (non-hydrogen) atoms. The van der Waals surface area contributed by atoms with Crippen LogP contribution in [-0.4, -0.2) is 49.6 Å². The van der Waals surface area contributed by atoms with Crippen LogP contribution in [0.15, 0.2) is 56.5 Å². The summed E-state index contributed by atoms with van der Waals surface area (Å²) >= 11 is 8.24. The lowest BCUT2D eigenvalue weighted by atomic mass is 9.82. The molecular formula is C27H25NO6S3. The summed E-state index contributed by atoms with van der Waals surface area (Å²) in [7, 11) is 4.05. The summed E-state index contributed by atoms with van der Waals surface area (Å²) in [6.07, 6.45) is 0. The molecule has 2 aliphatic rings. The molecule has 0 radical (unpaired) electrons. The smallest absolute Gasteiger partial charge is 0.346 e. The molecule has 0 saturated carbocycles. The highest BCUT2D eigenvalue weighted by Gasteiger charge is 2.47. The topological polar surface area (TPSA) is 82.1 Å². The minimum absolute atomic E-state index is 0.130. The number of carbonyl (C=O) groups excluding carboxylic acids is 3. The van der Waals surface area contributed by atoms with Crippen LogP contribution in [0.25, 0.3) is 5.57 Å². The summed E-state index contributed by atoms with van der Waals surface area (Å²) in [5.41, 5.74) is 2.40. The van der Waals surface area contributed by atoms with E-state index in [0.29, 0.717) is 37.2 Å². The number of benzene rings is 2. The highest BCUT2D eigenvalue weighted by atomic mass is 32.2. The average molecular weight is 556 g/mol. The number of aryl methyl sites for hydroxylation is 1. The minimum atomic E-state index is -0.958. The first-order chi connectivity index (χ1) is 17.6. The van der Waals surface area contributed by atoms with Crippen molar-refractivity contribution in [3.05, 3.63) is 73.2 Å². The van der Waals surface area contributed by atoms with Crippen LogP contribution < -0.4 is 9.64 Å². The number of rotatable bonds is 4. The lowest BCUT2D eigenvalue weighted by Gasteiger charge is -2.45. The molecule has 0 fully saturated rings. The van der Waals surface area contributed by atoms with Crippen molar-refractivity contribution in [2.45, 2.75) is 26.3 Å². The Morgan fingerprint density at radius 1 is 0.919 bits per heavy atom. The number of thiocarbonyl (C=S) groups is 1. The Labute approximate surface area is 229 Å². The Morgan fingerprint density at radius 2 is 1.51 bits per heavy atom. The third kappa shape index (κ3) is 4.58. The highest BCUT2D eigenvalue weighted by molar-refractivity contribution is 8.29. The Hall–Kier alpha value is -3.08. The summed E-state index contributed by atoms with van der Waals surface area (Å²) in [4.78, 5) is 41.4. The van der Waals surface area contributed by atoms with Crippen LogP contribution in [0.5, 0.6) is 5.75 Å². The fourth-order valence-corrected chi connectivity index (χ4v) is 7.28. The molecule has 2 aliphatic heterocycles. The van der Waals surface area contributed by atoms with Gasteiger partial charge in [0.2, 0.25) is 0 Å². The van der Waals surface area contributed by atoms with Gasteiger partial charge in [-0.3, -0.25) is 9.69 Å². The first-order valence-electron chi connectivity index (χ1n) is 11.2. The van der Waals surface area contributed by atoms with Crippen LogP contribution >= 0.6 is 35.7 Å². The molecule has 2 heterocycles. The normalized spacial score (nSPS) is 16.5. The monoisotopic (exact) mass is 555 g/mol. The summed E-state index contributed by atoms with van der Waals surface area (Å²) in [6.45, 7) is 5.68. The molecule has 0 aliphatic carbocycles. The Morgan fingerprint density at radius 3 is 2.05 bits per heavy atom. The lowest BCUT2D eigenvalue weighted by molar-refractivity contribution is -0.138. The fourth-order valence-electron chi connectivity index (χ4n) is 4.25. The van der Waals surface area contributed by atoms with E-state index in [1.165, 1.54) is 14.2 Å². The number of anilines is 1. The molecule has 0 bridgehead atoms. The molecular weight excluding hydrogens is 530 g/mol. The molecule has 0 aromatic heterocycles. The predicted octanol–water partition coefficient (Wildman–Crippen LogP) is 5.52. The maximum atomic E-state index is 14.0. The maximum Gasteiger partial charge on any atom is 0.346 e. The summed E-state index contributed by atoms with van der Waals surface area (Å²) in [6, 6.07) is 12.8. The zero-order valence-corrected chi connectivity index (χ0v) is 23.6. The van der Waals surface area contributed by atoms with E-state index in [2.05, 4.69) is 0 Å². The number of esters is 2. The molecule has 0 N–H and O–H groups in total. The van der Waals surface area contributed by atoms with E-state index >= 15 is 0 Å². The molecule has 0 atom stereocenters. The molecule has 2 aromatic rings. The SMILES string of the molecule is COC(=O)C1=C(C(=O)OC)SC(=C2C(=S)C(C)(C)N(C(=O)c3cccc(C)c3)c3c(OC)cccc32)S1. The van der Waals surface area contributed by atoms with E-state index in [-0.39, 0.29) is 15.7 Å². The van der Waals surface area contributed by atoms with Crippen LogP contribution in [0.2, 0.25) is 0 Å². The number of thioether (sulfide) groups is 2. The van der Waals surface area contributed by atoms with Crippen LogP contribution in [0.3, 0.4) is 0 Å². The van der Waals surface area contributed by atoms with Crippen molar-refractivity contribution in [1.82, 2.24) is 0 Å². The minimum Gasteiger partial charge on any atom is -0.495 e. The molecule has 1 amide bonds. The van der Waals surface area contributed by atoms with Gasteiger partial charge in [0, 0.05) is 16.7 Å². The van der Waals surface area contributed by atoms with Gasteiger partial charge in [0.1, 0.15) is 15.6 Å². The first kappa shape index (κ1) is 27.0. The van der Waals surface area contributed by atoms with Crippen molar-refractivity contribution >= 4 is 69.7 Å². The Kier molecular flexibility index (Phi) is 7.55. The number of para-hydroxylation sites is 1. The predicted molar refractivity (Wildman–Crippen MR) is 151 cm³/mol. The fraction of sp³-hybridized carbons (Fsp3) is 0.259. The zero-order chi connectivity index (χ0) is 27.1. The quantitative estimate of drug-likeness (QED) is 0.275. The highest BCUT2D eigenvalue weighted by Crippen LogP contribution is 2.57. The number of hydrogen-bond acceptors (Lipinski definition) is 9. The number of fused-ring (bicyclic) bond motifs is 1. The zero-order valence-electron chi connectivity index (χ0n) is 21.2. The third-order valence-electron chi connectivity index (χ3n) is 6.06. The van der Waals surface area contributed by atoms with E-state index in [1.807, 2.05) is 51.1 Å². The van der Waals surface area contributed by atoms with Gasteiger partial charge >= 0.3 is 11.9 Å². The van der Waals surface area contributed by atoms with Gasteiger partial charge in [-0.2, -0.15) is 0 Å². The van der Waals surface area contributed by atoms with Gasteiger partial charge in [0.25, 0.3) is 5.91 Å². The lowest BCUT2D eigenvalue weighted by Crippen LogP contribution is -2.56. The molecule has 192 valence electrons. The van der Waals surface area contributed by atoms with Crippen molar-refractivity contribution in [1.29, 1.82) is 0 Å². The van der Waals surface area contributed by atoms with Gasteiger partial charge in [0.15, 0.2) is 0 Å². The molecule has 10 heteroatoms. The van der Waals surface area contributed by atoms with Gasteiger partial charge in [-0.15, -0.1) is 0 Å². The van der Waals surface area contributed by atoms with Crippen molar-refractivity contribution in [2.24, 2.45) is 0 Å². The molecule has 0 unspecified atom stereocenters. The van der Waals surface area contributed by atoms with Gasteiger partial charge in [-0.05, 0) is 39.0 Å². The van der Waals surface area contributed by atoms with Crippen molar-refractivity contribution in [3.63, 3.8) is 0 Å². The summed E-state index contributed by atoms with van der Waals surface area (Å²) in [5.74, 6) is -1.01. The van der Waals surface area contributed by atoms with Crippen LogP contribution in [-0.2, 0) is 19.1 Å². The summed E-state index contributed by atoms with van der Waals surface area (Å²) in [5, 5.41) is 0. The second-order valence-corrected chi connectivity index (χ2v) is 11.5. The Balaban J connectivity index is 1.96. The van der Waals surface area contributed by atoms with Crippen molar-refractivity contribution < 1.29 is 28.6 Å². The first-order valence-corrected chi connectivity index (χ1v) is 13.2. The van der Waals surface area contributed by atoms with E-state index < -0.39 is 17.5 Å². The van der Waals surface area contributed by atoms with E-state index in [9.17, 15) is 14.4 Å². The van der Waals surface area contributed by atoms with Gasteiger partial charge in [0.05, 0.1) is 41.7 Å². The largest absolute Gasteiger partial charge is 0.495 e. The number of methoxy groups -OCH3 is 3. The number of amides is 1. The third-order valence-corrected chi connectivity index (χ3v) is 9.32. The van der Waals surface area contributed by atoms with Crippen molar-refractivity contribution in [2.75, 3.05) is 26.2 Å². The second kappa shape index (κ2) is 10.4. The van der Waals surface area contributed by atoms with Crippen molar-refractivity contribution in [3.8, 4) is 5.75 Å². The molecule has 0 spiro atoms. The second-order valence-electron chi connectivity index (χ2n) is 8.76. The molecule has 2 aromatic carbocycles. The molecule has 0 saturated heterocycles. The Bertz CT molecular complexity index is 1380. The van der Waals surface area contributed by atoms with E-state index in [1.54, 1.807) is 24.1 Å². The number of carbonyl (C=O) groups is 3. The van der Waals surface area contributed by atoms with Gasteiger partial charge in [-0.1, -0.05) is 65.6 Å². The van der Waals surface area contributed by atoms with Crippen LogP contribution in [0.1, 0.15) is 35.3 Å². The number of nitrogens with zero attached hydrogens (tertiary/aromatic N) is 1. The summed E-state index contributed by atoms with van der Waals surface area (Å²) < 4.78 is 16.2. The molecule has 4 rings (SSSR count).